The van der Waals surface area contributed by atoms with Crippen molar-refractivity contribution >= 4 is 85.9 Å². The molecular formula is C54H38N2S. The summed E-state index contributed by atoms with van der Waals surface area (Å²) in [4.78, 5) is 0. The molecule has 9 aromatic carbocycles. The van der Waals surface area contributed by atoms with Gasteiger partial charge >= 0.3 is 0 Å². The fraction of sp³-hybridized carbons (Fsp3) is 0.0370. The Morgan fingerprint density at radius 1 is 0.368 bits per heavy atom. The van der Waals surface area contributed by atoms with Gasteiger partial charge in [-0.15, -0.1) is 11.3 Å². The summed E-state index contributed by atoms with van der Waals surface area (Å²) in [7, 11) is 0. The van der Waals surface area contributed by atoms with E-state index in [1.54, 1.807) is 0 Å². The summed E-state index contributed by atoms with van der Waals surface area (Å²) in [6.07, 6.45) is 0. The highest BCUT2D eigenvalue weighted by molar-refractivity contribution is 7.26. The SMILES string of the molecule is CC.c1ccc(-c2ccc(-n3c4ccccc4c4cc(-c5cc6c7ccccc7n(-c7ccc8ccccc8c7)c6c6c5sc5ccccc56)ccc43)cc2)cc1. The minimum atomic E-state index is 1.16. The van der Waals surface area contributed by atoms with Crippen LogP contribution in [0.15, 0.2) is 194 Å². The first-order chi connectivity index (χ1) is 28.3. The van der Waals surface area contributed by atoms with Crippen molar-refractivity contribution < 1.29 is 0 Å². The molecular weight excluding hydrogens is 709 g/mol. The molecule has 0 bridgehead atoms. The average molecular weight is 747 g/mol. The van der Waals surface area contributed by atoms with Crippen molar-refractivity contribution in [2.24, 2.45) is 0 Å². The van der Waals surface area contributed by atoms with E-state index in [2.05, 4.69) is 203 Å². The van der Waals surface area contributed by atoms with Crippen molar-refractivity contribution in [3.63, 3.8) is 0 Å². The molecule has 0 aliphatic carbocycles. The van der Waals surface area contributed by atoms with Gasteiger partial charge in [0.05, 0.1) is 22.1 Å². The summed E-state index contributed by atoms with van der Waals surface area (Å²) in [6.45, 7) is 4.00. The van der Waals surface area contributed by atoms with Gasteiger partial charge in [0.15, 0.2) is 0 Å². The molecule has 0 atom stereocenters. The summed E-state index contributed by atoms with van der Waals surface area (Å²) in [5.74, 6) is 0. The van der Waals surface area contributed by atoms with Crippen LogP contribution >= 0.6 is 11.3 Å². The number of para-hydroxylation sites is 2. The Morgan fingerprint density at radius 2 is 0.947 bits per heavy atom. The van der Waals surface area contributed by atoms with Gasteiger partial charge in [-0.05, 0) is 88.1 Å². The van der Waals surface area contributed by atoms with E-state index in [-0.39, 0.29) is 0 Å². The van der Waals surface area contributed by atoms with Crippen LogP contribution in [0.4, 0.5) is 0 Å². The largest absolute Gasteiger partial charge is 0.309 e. The first kappa shape index (κ1) is 33.4. The summed E-state index contributed by atoms with van der Waals surface area (Å²) >= 11 is 1.91. The predicted octanol–water partition coefficient (Wildman–Crippen LogP) is 15.8. The highest BCUT2D eigenvalue weighted by Crippen LogP contribution is 2.48. The molecule has 0 aliphatic heterocycles. The van der Waals surface area contributed by atoms with Gasteiger partial charge in [0, 0.05) is 58.7 Å². The fourth-order valence-electron chi connectivity index (χ4n) is 8.99. The molecule has 0 fully saturated rings. The highest BCUT2D eigenvalue weighted by Gasteiger charge is 2.22. The van der Waals surface area contributed by atoms with Crippen molar-refractivity contribution in [1.29, 1.82) is 0 Å². The molecule has 270 valence electrons. The van der Waals surface area contributed by atoms with E-state index >= 15 is 0 Å². The number of fused-ring (bicyclic) bond motifs is 11. The van der Waals surface area contributed by atoms with E-state index in [0.717, 1.165) is 5.69 Å². The second-order valence-corrected chi connectivity index (χ2v) is 15.6. The molecule has 12 aromatic rings. The zero-order chi connectivity index (χ0) is 38.0. The van der Waals surface area contributed by atoms with Gasteiger partial charge in [0.25, 0.3) is 0 Å². The molecule has 0 radical (unpaired) electrons. The third-order valence-electron chi connectivity index (χ3n) is 11.5. The number of aromatic nitrogens is 2. The summed E-state index contributed by atoms with van der Waals surface area (Å²) in [6, 6.07) is 71.4. The molecule has 57 heavy (non-hydrogen) atoms. The first-order valence-corrected chi connectivity index (χ1v) is 20.7. The van der Waals surface area contributed by atoms with Crippen LogP contribution in [0.3, 0.4) is 0 Å². The van der Waals surface area contributed by atoms with Crippen LogP contribution in [0.25, 0.3) is 108 Å². The minimum absolute atomic E-state index is 1.16. The summed E-state index contributed by atoms with van der Waals surface area (Å²) < 4.78 is 7.54. The number of nitrogens with zero attached hydrogens (tertiary/aromatic N) is 2. The molecule has 0 aliphatic rings. The molecule has 0 N–H and O–H groups in total. The Hall–Kier alpha value is -6.94. The number of hydrogen-bond donors (Lipinski definition) is 0. The zero-order valence-corrected chi connectivity index (χ0v) is 32.6. The zero-order valence-electron chi connectivity index (χ0n) is 31.8. The summed E-state index contributed by atoms with van der Waals surface area (Å²) in [5.41, 5.74) is 12.2. The first-order valence-electron chi connectivity index (χ1n) is 19.8. The smallest absolute Gasteiger partial charge is 0.0634 e. The Bertz CT molecular complexity index is 3470. The monoisotopic (exact) mass is 746 g/mol. The number of benzene rings is 9. The summed E-state index contributed by atoms with van der Waals surface area (Å²) in [5, 5.41) is 10.2. The molecule has 12 rings (SSSR count). The maximum absolute atomic E-state index is 2.50. The van der Waals surface area contributed by atoms with E-state index in [1.807, 2.05) is 25.2 Å². The lowest BCUT2D eigenvalue weighted by Gasteiger charge is -2.12. The van der Waals surface area contributed by atoms with Crippen LogP contribution in [0.1, 0.15) is 13.8 Å². The van der Waals surface area contributed by atoms with Crippen molar-refractivity contribution in [2.45, 2.75) is 13.8 Å². The van der Waals surface area contributed by atoms with E-state index < -0.39 is 0 Å². The lowest BCUT2D eigenvalue weighted by atomic mass is 9.97. The fourth-order valence-corrected chi connectivity index (χ4v) is 10.2. The maximum atomic E-state index is 2.50. The van der Waals surface area contributed by atoms with Crippen molar-refractivity contribution in [3.05, 3.63) is 194 Å². The highest BCUT2D eigenvalue weighted by atomic mass is 32.1. The van der Waals surface area contributed by atoms with Gasteiger partial charge < -0.3 is 9.13 Å². The van der Waals surface area contributed by atoms with Gasteiger partial charge in [-0.2, -0.15) is 0 Å². The molecule has 3 aromatic heterocycles. The topological polar surface area (TPSA) is 9.86 Å². The maximum Gasteiger partial charge on any atom is 0.0634 e. The molecule has 0 saturated carbocycles. The Balaban J connectivity index is 0.00000184. The second kappa shape index (κ2) is 13.4. The lowest BCUT2D eigenvalue weighted by molar-refractivity contribution is 1.18. The minimum Gasteiger partial charge on any atom is -0.309 e. The third kappa shape index (κ3) is 5.16. The van der Waals surface area contributed by atoms with Gasteiger partial charge in [-0.3, -0.25) is 0 Å². The van der Waals surface area contributed by atoms with Gasteiger partial charge in [0.2, 0.25) is 0 Å². The molecule has 2 nitrogen and oxygen atoms in total. The number of thiophene rings is 1. The Morgan fingerprint density at radius 3 is 1.74 bits per heavy atom. The van der Waals surface area contributed by atoms with Crippen molar-refractivity contribution in [3.8, 4) is 33.6 Å². The van der Waals surface area contributed by atoms with Crippen LogP contribution in [0.5, 0.6) is 0 Å². The van der Waals surface area contributed by atoms with Gasteiger partial charge in [-0.1, -0.05) is 147 Å². The van der Waals surface area contributed by atoms with E-state index in [4.69, 9.17) is 0 Å². The molecule has 3 heteroatoms. The van der Waals surface area contributed by atoms with E-state index in [1.165, 1.54) is 102 Å². The number of hydrogen-bond acceptors (Lipinski definition) is 1. The van der Waals surface area contributed by atoms with Crippen LogP contribution < -0.4 is 0 Å². The second-order valence-electron chi connectivity index (χ2n) is 14.5. The van der Waals surface area contributed by atoms with Crippen LogP contribution in [0.2, 0.25) is 0 Å². The van der Waals surface area contributed by atoms with Crippen LogP contribution in [0, 0.1) is 0 Å². The van der Waals surface area contributed by atoms with E-state index in [0.29, 0.717) is 0 Å². The Kier molecular flexibility index (Phi) is 7.84. The molecule has 0 saturated heterocycles. The quantitative estimate of drug-likeness (QED) is 0.170. The van der Waals surface area contributed by atoms with Crippen molar-refractivity contribution in [1.82, 2.24) is 9.13 Å². The lowest BCUT2D eigenvalue weighted by Crippen LogP contribution is -1.95. The molecule has 0 unspecified atom stereocenters. The average Bonchev–Trinajstić information content (AvgIpc) is 3.95. The Labute approximate surface area is 335 Å². The van der Waals surface area contributed by atoms with Gasteiger partial charge in [0.1, 0.15) is 0 Å². The van der Waals surface area contributed by atoms with Crippen molar-refractivity contribution in [2.75, 3.05) is 0 Å². The molecule has 0 spiro atoms. The third-order valence-corrected chi connectivity index (χ3v) is 12.7. The standard InChI is InChI=1S/C52H32N2S.C2H6/c1-2-12-33(13-3-1)35-22-26-38(27-23-35)53-46-19-9-6-16-40(46)44-31-37(25-29-48(44)53)43-32-45-41-17-7-10-20-47(41)54(39-28-24-34-14-4-5-15-36(34)30-39)51(45)50-42-18-8-11-21-49(42)55-52(43)50;1-2/h1-32H;1-2H3. The number of rotatable bonds is 4. The molecule has 3 heterocycles. The van der Waals surface area contributed by atoms with Gasteiger partial charge in [-0.25, -0.2) is 0 Å². The molecule has 0 amide bonds. The van der Waals surface area contributed by atoms with Crippen LogP contribution in [-0.4, -0.2) is 9.13 Å². The predicted molar refractivity (Wildman–Crippen MR) is 248 cm³/mol. The van der Waals surface area contributed by atoms with Crippen LogP contribution in [-0.2, 0) is 0 Å². The normalized spacial score (nSPS) is 11.7. The van der Waals surface area contributed by atoms with E-state index in [9.17, 15) is 0 Å².